The van der Waals surface area contributed by atoms with Gasteiger partial charge in [0.15, 0.2) is 0 Å². The smallest absolute Gasteiger partial charge is 0.0760 e. The Bertz CT molecular complexity index is 280. The maximum Gasteiger partial charge on any atom is 0.0760 e. The molecule has 0 aromatic heterocycles. The molecule has 0 aromatic rings. The van der Waals surface area contributed by atoms with Crippen molar-refractivity contribution in [1.82, 2.24) is 0 Å². The summed E-state index contributed by atoms with van der Waals surface area (Å²) in [5.41, 5.74) is 0. The van der Waals surface area contributed by atoms with Crippen LogP contribution in [0, 0.1) is 23.7 Å². The lowest BCUT2D eigenvalue weighted by Gasteiger charge is -2.22. The third-order valence-electron chi connectivity index (χ3n) is 3.35. The van der Waals surface area contributed by atoms with E-state index in [-0.39, 0.29) is 5.92 Å². The van der Waals surface area contributed by atoms with E-state index in [9.17, 15) is 5.11 Å². The monoisotopic (exact) mass is 149 g/mol. The summed E-state index contributed by atoms with van der Waals surface area (Å²) in [5, 5.41) is 9.73. The molecule has 0 heterocycles. The first kappa shape index (κ1) is 5.15. The second-order valence-corrected chi connectivity index (χ2v) is 3.84. The molecule has 0 spiro atoms. The van der Waals surface area contributed by atoms with Crippen LogP contribution in [0.1, 0.15) is 7.79 Å². The Kier molecular flexibility index (Phi) is 0.833. The highest BCUT2D eigenvalue weighted by Crippen LogP contribution is 2.52. The van der Waals surface area contributed by atoms with Crippen LogP contribution < -0.4 is 0 Å². The third-order valence-corrected chi connectivity index (χ3v) is 3.35. The number of allylic oxidation sites excluding steroid dienone is 3. The van der Waals surface area contributed by atoms with E-state index in [0.717, 1.165) is 6.42 Å². The van der Waals surface area contributed by atoms with Crippen molar-refractivity contribution in [2.45, 2.75) is 12.5 Å². The molecule has 2 bridgehead atoms. The van der Waals surface area contributed by atoms with E-state index in [4.69, 9.17) is 1.37 Å². The molecule has 0 aliphatic heterocycles. The molecule has 1 nitrogen and oxygen atoms in total. The third kappa shape index (κ3) is 0.603. The Labute approximate surface area is 67.8 Å². The molecule has 3 aliphatic rings. The van der Waals surface area contributed by atoms with E-state index in [0.29, 0.717) is 17.8 Å². The highest BCUT2D eigenvalue weighted by molar-refractivity contribution is 5.24. The van der Waals surface area contributed by atoms with E-state index in [1.807, 2.05) is 6.08 Å². The van der Waals surface area contributed by atoms with Gasteiger partial charge < -0.3 is 5.11 Å². The maximum absolute atomic E-state index is 9.73. The highest BCUT2D eigenvalue weighted by atomic mass is 16.3. The van der Waals surface area contributed by atoms with Gasteiger partial charge in [-0.25, -0.2) is 0 Å². The summed E-state index contributed by atoms with van der Waals surface area (Å²) < 4.78 is 7.70. The largest absolute Gasteiger partial charge is 0.389 e. The van der Waals surface area contributed by atoms with Gasteiger partial charge in [0, 0.05) is 5.92 Å². The minimum absolute atomic E-state index is 0.146. The molecule has 1 fully saturated rings. The molecule has 1 N–H and O–H groups in total. The SMILES string of the molecule is [2H][C@]1(O)C=C[C@@H]2[C@H]1[C@@H]1C=C[C@H]2C1. The number of fused-ring (bicyclic) bond motifs is 5. The van der Waals surface area contributed by atoms with Crippen LogP contribution in [0.5, 0.6) is 0 Å². The van der Waals surface area contributed by atoms with Crippen LogP contribution in [0.15, 0.2) is 24.3 Å². The lowest BCUT2D eigenvalue weighted by Crippen LogP contribution is -2.23. The molecule has 0 saturated heterocycles. The lowest BCUT2D eigenvalue weighted by molar-refractivity contribution is 0.132. The van der Waals surface area contributed by atoms with E-state index in [1.165, 1.54) is 0 Å². The average molecular weight is 149 g/mol. The van der Waals surface area contributed by atoms with Crippen LogP contribution >= 0.6 is 0 Å². The van der Waals surface area contributed by atoms with Gasteiger partial charge in [0.2, 0.25) is 0 Å². The number of rotatable bonds is 0. The second kappa shape index (κ2) is 1.78. The fourth-order valence-corrected chi connectivity index (χ4v) is 2.86. The topological polar surface area (TPSA) is 20.2 Å². The van der Waals surface area contributed by atoms with Gasteiger partial charge >= 0.3 is 0 Å². The fraction of sp³-hybridized carbons (Fsp3) is 0.600. The zero-order valence-corrected chi connectivity index (χ0v) is 6.27. The van der Waals surface area contributed by atoms with Crippen molar-refractivity contribution >= 4 is 0 Å². The Morgan fingerprint density at radius 1 is 1.18 bits per heavy atom. The predicted octanol–water partition coefficient (Wildman–Crippen LogP) is 1.36. The molecule has 58 valence electrons. The molecule has 0 unspecified atom stereocenters. The number of hydrogen-bond acceptors (Lipinski definition) is 1. The van der Waals surface area contributed by atoms with Crippen molar-refractivity contribution in [2.75, 3.05) is 0 Å². The van der Waals surface area contributed by atoms with Gasteiger partial charge in [-0.2, -0.15) is 0 Å². The Morgan fingerprint density at radius 2 is 2.00 bits per heavy atom. The molecule has 1 heteroatoms. The number of hydrogen-bond donors (Lipinski definition) is 1. The first-order chi connectivity index (χ1) is 5.68. The van der Waals surface area contributed by atoms with Gasteiger partial charge in [0.25, 0.3) is 0 Å². The van der Waals surface area contributed by atoms with E-state index in [2.05, 4.69) is 12.2 Å². The predicted molar refractivity (Wildman–Crippen MR) is 42.9 cm³/mol. The molecule has 3 aliphatic carbocycles. The minimum atomic E-state index is -1.28. The first-order valence-electron chi connectivity index (χ1n) is 4.78. The van der Waals surface area contributed by atoms with Crippen molar-refractivity contribution in [3.05, 3.63) is 24.3 Å². The molecular formula is C10H12O. The summed E-state index contributed by atoms with van der Waals surface area (Å²) in [6.07, 6.45) is 7.99. The van der Waals surface area contributed by atoms with Crippen LogP contribution in [-0.2, 0) is 0 Å². The molecule has 0 radical (unpaired) electrons. The zero-order chi connectivity index (χ0) is 8.34. The minimum Gasteiger partial charge on any atom is -0.389 e. The standard InChI is InChI=1S/C10H12O/c11-9-4-3-8-6-1-2-7(5-6)10(8)9/h1-4,6-11H,5H2/t6-,7+,8-,9-,10+/m0/s1/i9D. The molecule has 3 rings (SSSR count). The summed E-state index contributed by atoms with van der Waals surface area (Å²) >= 11 is 0. The van der Waals surface area contributed by atoms with Gasteiger partial charge in [-0.1, -0.05) is 24.3 Å². The summed E-state index contributed by atoms with van der Waals surface area (Å²) in [7, 11) is 0. The fourth-order valence-electron chi connectivity index (χ4n) is 2.86. The van der Waals surface area contributed by atoms with Crippen molar-refractivity contribution < 1.29 is 6.48 Å². The summed E-state index contributed by atoms with van der Waals surface area (Å²) in [4.78, 5) is 0. The Balaban J connectivity index is 2.04. The van der Waals surface area contributed by atoms with Crippen LogP contribution in [0.3, 0.4) is 0 Å². The van der Waals surface area contributed by atoms with E-state index >= 15 is 0 Å². The molecule has 0 aromatic carbocycles. The van der Waals surface area contributed by atoms with Gasteiger partial charge in [0.1, 0.15) is 0 Å². The summed E-state index contributed by atoms with van der Waals surface area (Å²) in [6.45, 7) is 0. The Morgan fingerprint density at radius 3 is 2.82 bits per heavy atom. The second-order valence-electron chi connectivity index (χ2n) is 3.84. The normalized spacial score (nSPS) is 65.4. The number of aliphatic hydroxyl groups is 1. The Hall–Kier alpha value is -0.560. The van der Waals surface area contributed by atoms with E-state index < -0.39 is 6.08 Å². The van der Waals surface area contributed by atoms with Crippen LogP contribution in [0.4, 0.5) is 0 Å². The van der Waals surface area contributed by atoms with Crippen molar-refractivity contribution in [1.29, 1.82) is 0 Å². The highest BCUT2D eigenvalue weighted by Gasteiger charge is 2.48. The molecule has 5 atom stereocenters. The lowest BCUT2D eigenvalue weighted by atomic mass is 9.84. The van der Waals surface area contributed by atoms with Gasteiger partial charge in [-0.3, -0.25) is 0 Å². The van der Waals surface area contributed by atoms with Crippen molar-refractivity contribution in [2.24, 2.45) is 23.7 Å². The van der Waals surface area contributed by atoms with Crippen molar-refractivity contribution in [3.8, 4) is 0 Å². The molecule has 11 heavy (non-hydrogen) atoms. The van der Waals surface area contributed by atoms with Crippen LogP contribution in [0.2, 0.25) is 0 Å². The molecule has 1 saturated carbocycles. The first-order valence-corrected chi connectivity index (χ1v) is 4.28. The summed E-state index contributed by atoms with van der Waals surface area (Å²) in [6, 6.07) is 0. The van der Waals surface area contributed by atoms with Gasteiger partial charge in [-0.05, 0) is 24.2 Å². The zero-order valence-electron chi connectivity index (χ0n) is 7.27. The van der Waals surface area contributed by atoms with Crippen LogP contribution in [-0.4, -0.2) is 11.2 Å². The van der Waals surface area contributed by atoms with Gasteiger partial charge in [-0.15, -0.1) is 0 Å². The molecular weight excluding hydrogens is 136 g/mol. The quantitative estimate of drug-likeness (QED) is 0.515. The average Bonchev–Trinajstić information content (AvgIpc) is 2.61. The summed E-state index contributed by atoms with van der Waals surface area (Å²) in [5.74, 6) is 1.66. The molecule has 0 amide bonds. The van der Waals surface area contributed by atoms with Gasteiger partial charge in [0.05, 0.1) is 7.45 Å². The maximum atomic E-state index is 9.73. The van der Waals surface area contributed by atoms with E-state index in [1.54, 1.807) is 6.08 Å². The van der Waals surface area contributed by atoms with Crippen molar-refractivity contribution in [3.63, 3.8) is 0 Å². The van der Waals surface area contributed by atoms with Crippen LogP contribution in [0.25, 0.3) is 0 Å².